The summed E-state index contributed by atoms with van der Waals surface area (Å²) in [5.41, 5.74) is 2.63. The van der Waals surface area contributed by atoms with Gasteiger partial charge in [0.1, 0.15) is 5.55 Å². The second-order valence-electron chi connectivity index (χ2n) is 1.57. The summed E-state index contributed by atoms with van der Waals surface area (Å²) in [5.74, 6) is 0.402. The van der Waals surface area contributed by atoms with Crippen LogP contribution in [0.1, 0.15) is 0 Å². The van der Waals surface area contributed by atoms with Gasteiger partial charge >= 0.3 is 5.97 Å². The molecule has 1 aliphatic heterocycles. The van der Waals surface area contributed by atoms with Gasteiger partial charge in [-0.1, -0.05) is 0 Å². The molecule has 3 nitrogen and oxygen atoms in total. The van der Waals surface area contributed by atoms with E-state index in [0.29, 0.717) is 5.75 Å². The first-order valence-corrected chi connectivity index (χ1v) is 3.47. The van der Waals surface area contributed by atoms with Crippen LogP contribution in [0.5, 0.6) is 0 Å². The van der Waals surface area contributed by atoms with Crippen molar-refractivity contribution < 1.29 is 9.53 Å². The number of esters is 1. The van der Waals surface area contributed by atoms with E-state index in [2.05, 4.69) is 15.3 Å². The van der Waals surface area contributed by atoms with Gasteiger partial charge in [0.2, 0.25) is 0 Å². The van der Waals surface area contributed by atoms with Crippen LogP contribution in [0.15, 0.2) is 4.99 Å². The topological polar surface area (TPSA) is 38.7 Å². The maximum atomic E-state index is 10.6. The first kappa shape index (κ1) is 6.61. The molecule has 1 aliphatic rings. The molecule has 1 rings (SSSR count). The molecule has 9 heavy (non-hydrogen) atoms. The lowest BCUT2D eigenvalue weighted by molar-refractivity contribution is -0.141. The SMILES string of the molecule is COC(=O)C1CS[C]=N1. The number of hydrogen-bond donors (Lipinski definition) is 0. The monoisotopic (exact) mass is 144 g/mol. The Bertz CT molecular complexity index is 146. The predicted molar refractivity (Wildman–Crippen MR) is 35.7 cm³/mol. The minimum absolute atomic E-state index is 0.271. The van der Waals surface area contributed by atoms with E-state index in [4.69, 9.17) is 0 Å². The molecular weight excluding hydrogens is 138 g/mol. The maximum absolute atomic E-state index is 10.6. The van der Waals surface area contributed by atoms with Crippen molar-refractivity contribution in [3.8, 4) is 0 Å². The molecule has 0 aromatic rings. The number of methoxy groups -OCH3 is 1. The number of rotatable bonds is 1. The molecule has 4 heteroatoms. The first-order chi connectivity index (χ1) is 4.34. The summed E-state index contributed by atoms with van der Waals surface area (Å²) in [7, 11) is 1.36. The first-order valence-electron chi connectivity index (χ1n) is 2.49. The number of hydrogen-bond acceptors (Lipinski definition) is 4. The van der Waals surface area contributed by atoms with Crippen LogP contribution in [0.2, 0.25) is 0 Å². The Balaban J connectivity index is 2.43. The number of nitrogens with zero attached hydrogens (tertiary/aromatic N) is 1. The van der Waals surface area contributed by atoms with Crippen LogP contribution in [-0.4, -0.2) is 30.4 Å². The van der Waals surface area contributed by atoms with Gasteiger partial charge in [-0.2, -0.15) is 0 Å². The van der Waals surface area contributed by atoms with Crippen LogP contribution >= 0.6 is 11.8 Å². The van der Waals surface area contributed by atoms with Gasteiger partial charge in [0.15, 0.2) is 6.04 Å². The molecule has 0 amide bonds. The highest BCUT2D eigenvalue weighted by atomic mass is 32.2. The summed E-state index contributed by atoms with van der Waals surface area (Å²) in [6.07, 6.45) is 0. The summed E-state index contributed by atoms with van der Waals surface area (Å²) >= 11 is 1.41. The third kappa shape index (κ3) is 1.45. The van der Waals surface area contributed by atoms with Gasteiger partial charge in [-0.25, -0.2) is 4.79 Å². The average molecular weight is 144 g/mol. The van der Waals surface area contributed by atoms with Crippen molar-refractivity contribution in [3.05, 3.63) is 0 Å². The fraction of sp³-hybridized carbons (Fsp3) is 0.600. The van der Waals surface area contributed by atoms with E-state index < -0.39 is 0 Å². The van der Waals surface area contributed by atoms with Gasteiger partial charge in [0.05, 0.1) is 7.11 Å². The zero-order valence-corrected chi connectivity index (χ0v) is 5.77. The van der Waals surface area contributed by atoms with E-state index in [-0.39, 0.29) is 12.0 Å². The molecule has 0 aromatic heterocycles. The lowest BCUT2D eigenvalue weighted by Gasteiger charge is -2.00. The highest BCUT2D eigenvalue weighted by Crippen LogP contribution is 2.11. The highest BCUT2D eigenvalue weighted by molar-refractivity contribution is 8.12. The van der Waals surface area contributed by atoms with Gasteiger partial charge < -0.3 is 4.74 Å². The fourth-order valence-corrected chi connectivity index (χ4v) is 1.16. The van der Waals surface area contributed by atoms with Gasteiger partial charge in [0.25, 0.3) is 0 Å². The summed E-state index contributed by atoms with van der Waals surface area (Å²) in [6, 6.07) is -0.306. The van der Waals surface area contributed by atoms with E-state index in [9.17, 15) is 4.79 Å². The zero-order valence-electron chi connectivity index (χ0n) is 4.96. The molecule has 0 saturated heterocycles. The molecule has 0 fully saturated rings. The minimum atomic E-state index is -0.306. The van der Waals surface area contributed by atoms with Crippen LogP contribution in [-0.2, 0) is 9.53 Å². The number of thioether (sulfide) groups is 1. The van der Waals surface area contributed by atoms with E-state index in [1.165, 1.54) is 18.9 Å². The Morgan fingerprint density at radius 2 is 2.78 bits per heavy atom. The summed E-state index contributed by atoms with van der Waals surface area (Å²) < 4.78 is 4.45. The number of carbonyl (C=O) groups excluding carboxylic acids is 1. The van der Waals surface area contributed by atoms with Crippen LogP contribution in [0, 0.1) is 0 Å². The van der Waals surface area contributed by atoms with Crippen molar-refractivity contribution in [2.24, 2.45) is 4.99 Å². The third-order valence-corrected chi connectivity index (χ3v) is 1.70. The van der Waals surface area contributed by atoms with Crippen LogP contribution in [0.4, 0.5) is 0 Å². The molecule has 0 bridgehead atoms. The third-order valence-electron chi connectivity index (χ3n) is 0.988. The smallest absolute Gasteiger partial charge is 0.331 e. The Kier molecular flexibility index (Phi) is 2.10. The van der Waals surface area contributed by atoms with Crippen molar-refractivity contribution in [1.82, 2.24) is 0 Å². The zero-order chi connectivity index (χ0) is 6.69. The molecule has 1 heterocycles. The Hall–Kier alpha value is -0.510. The summed E-state index contributed by atoms with van der Waals surface area (Å²) in [6.45, 7) is 0. The summed E-state index contributed by atoms with van der Waals surface area (Å²) in [4.78, 5) is 14.4. The fourth-order valence-electron chi connectivity index (χ4n) is 0.511. The van der Waals surface area contributed by atoms with Crippen molar-refractivity contribution in [1.29, 1.82) is 0 Å². The molecular formula is C5H6NO2S. The second-order valence-corrected chi connectivity index (χ2v) is 2.37. The van der Waals surface area contributed by atoms with Gasteiger partial charge in [-0.3, -0.25) is 4.99 Å². The Morgan fingerprint density at radius 1 is 2.00 bits per heavy atom. The molecule has 1 atom stereocenters. The highest BCUT2D eigenvalue weighted by Gasteiger charge is 2.20. The second kappa shape index (κ2) is 2.87. The van der Waals surface area contributed by atoms with Crippen molar-refractivity contribution >= 4 is 23.3 Å². The van der Waals surface area contributed by atoms with Crippen LogP contribution in [0.25, 0.3) is 0 Å². The van der Waals surface area contributed by atoms with E-state index in [1.807, 2.05) is 0 Å². The molecule has 0 aromatic carbocycles. The molecule has 1 unspecified atom stereocenters. The number of ether oxygens (including phenoxy) is 1. The van der Waals surface area contributed by atoms with E-state index in [0.717, 1.165) is 0 Å². The standard InChI is InChI=1S/C5H6NO2S/c1-8-5(7)4-2-9-3-6-4/h4H,2H2,1H3. The lowest BCUT2D eigenvalue weighted by atomic mass is 10.4. The normalized spacial score (nSPS) is 24.3. The molecule has 0 spiro atoms. The van der Waals surface area contributed by atoms with Gasteiger partial charge in [-0.05, 0) is 0 Å². The quantitative estimate of drug-likeness (QED) is 0.493. The molecule has 0 N–H and O–H groups in total. The molecule has 0 saturated carbocycles. The van der Waals surface area contributed by atoms with E-state index in [1.54, 1.807) is 0 Å². The summed E-state index contributed by atoms with van der Waals surface area (Å²) in [5, 5.41) is 0. The molecule has 1 radical (unpaired) electrons. The van der Waals surface area contributed by atoms with E-state index >= 15 is 0 Å². The lowest BCUT2D eigenvalue weighted by Crippen LogP contribution is -2.19. The predicted octanol–water partition coefficient (Wildman–Crippen LogP) is 0.180. The van der Waals surface area contributed by atoms with Gasteiger partial charge in [0, 0.05) is 5.75 Å². The van der Waals surface area contributed by atoms with Crippen molar-refractivity contribution in [3.63, 3.8) is 0 Å². The van der Waals surface area contributed by atoms with Crippen LogP contribution in [0.3, 0.4) is 0 Å². The Labute approximate surface area is 57.5 Å². The average Bonchev–Trinajstić information content (AvgIpc) is 2.37. The van der Waals surface area contributed by atoms with Gasteiger partial charge in [-0.15, -0.1) is 11.8 Å². The molecule has 49 valence electrons. The largest absolute Gasteiger partial charge is 0.467 e. The number of aliphatic imine (C=N–C) groups is 1. The van der Waals surface area contributed by atoms with Crippen LogP contribution < -0.4 is 0 Å². The van der Waals surface area contributed by atoms with Crippen molar-refractivity contribution in [2.75, 3.05) is 12.9 Å². The Morgan fingerprint density at radius 3 is 3.22 bits per heavy atom. The molecule has 0 aliphatic carbocycles. The number of carbonyl (C=O) groups is 1. The maximum Gasteiger partial charge on any atom is 0.331 e. The van der Waals surface area contributed by atoms with Crippen molar-refractivity contribution in [2.45, 2.75) is 6.04 Å². The minimum Gasteiger partial charge on any atom is -0.467 e.